The fraction of sp³-hybridized carbons (Fsp3) is 0.571. The van der Waals surface area contributed by atoms with E-state index in [1.165, 1.54) is 0 Å². The average Bonchev–Trinajstić information content (AvgIpc) is 2.82. The van der Waals surface area contributed by atoms with E-state index in [4.69, 9.17) is 0 Å². The number of aliphatic hydroxyl groups is 6. The zero-order valence-corrected chi connectivity index (χ0v) is 21.0. The van der Waals surface area contributed by atoms with Crippen molar-refractivity contribution in [2.24, 2.45) is 0 Å². The summed E-state index contributed by atoms with van der Waals surface area (Å²) < 4.78 is 0. The highest BCUT2D eigenvalue weighted by molar-refractivity contribution is 5.30. The van der Waals surface area contributed by atoms with Crippen LogP contribution in [-0.4, -0.2) is 66.8 Å². The van der Waals surface area contributed by atoms with E-state index in [1.807, 2.05) is 56.3 Å². The van der Waals surface area contributed by atoms with E-state index >= 15 is 0 Å². The summed E-state index contributed by atoms with van der Waals surface area (Å²) in [5, 5.41) is 65.2. The molecule has 0 aliphatic carbocycles. The summed E-state index contributed by atoms with van der Waals surface area (Å²) in [5.74, 6) is 0.512. The highest BCUT2D eigenvalue weighted by atomic mass is 16.4. The monoisotopic (exact) mass is 474 g/mol. The Kier molecular flexibility index (Phi) is 9.83. The third-order valence-corrected chi connectivity index (χ3v) is 6.89. The Hall–Kier alpha value is -1.80. The maximum absolute atomic E-state index is 11.7. The molecular weight excluding hydrogens is 432 g/mol. The molecule has 2 aromatic rings. The Morgan fingerprint density at radius 3 is 1.65 bits per heavy atom. The van der Waals surface area contributed by atoms with E-state index in [1.54, 1.807) is 13.0 Å². The van der Waals surface area contributed by atoms with Crippen LogP contribution in [0.5, 0.6) is 0 Å². The lowest BCUT2D eigenvalue weighted by molar-refractivity contribution is -0.229. The Balaban J connectivity index is 2.48. The standard InChI is InChI=1S/C28H42O6/c1-6-27(33,15-20-9-7-11-22(13-20)18(2)3)26(32)28(34,25(31)24(30)17-29)16-21-10-8-12-23(14-21)19(4)5/h7-14,18-19,24-26,29-34H,6,15-17H2,1-5H3/t24-,25+,26+,27?,28+/m0/s1. The van der Waals surface area contributed by atoms with Crippen LogP contribution in [0.2, 0.25) is 0 Å². The fourth-order valence-electron chi connectivity index (χ4n) is 4.48. The minimum atomic E-state index is -2.32. The molecule has 0 saturated heterocycles. The molecule has 0 heterocycles. The molecule has 34 heavy (non-hydrogen) atoms. The van der Waals surface area contributed by atoms with Gasteiger partial charge in [0.1, 0.15) is 23.9 Å². The molecule has 2 aromatic carbocycles. The molecule has 0 aliphatic heterocycles. The second-order valence-electron chi connectivity index (χ2n) is 10.2. The minimum Gasteiger partial charge on any atom is -0.394 e. The van der Waals surface area contributed by atoms with Crippen molar-refractivity contribution in [3.05, 3.63) is 70.8 Å². The minimum absolute atomic E-state index is 0.0432. The van der Waals surface area contributed by atoms with Gasteiger partial charge in [-0.05, 0) is 40.5 Å². The number of hydrogen-bond acceptors (Lipinski definition) is 6. The summed E-state index contributed by atoms with van der Waals surface area (Å²) in [7, 11) is 0. The molecule has 5 atom stereocenters. The van der Waals surface area contributed by atoms with Crippen molar-refractivity contribution in [1.82, 2.24) is 0 Å². The first-order valence-electron chi connectivity index (χ1n) is 12.2. The van der Waals surface area contributed by atoms with Crippen molar-refractivity contribution < 1.29 is 30.6 Å². The first-order chi connectivity index (χ1) is 15.9. The van der Waals surface area contributed by atoms with Gasteiger partial charge in [-0.3, -0.25) is 0 Å². The summed E-state index contributed by atoms with van der Waals surface area (Å²) in [4.78, 5) is 0. The topological polar surface area (TPSA) is 121 Å². The van der Waals surface area contributed by atoms with Gasteiger partial charge in [-0.1, -0.05) is 83.1 Å². The number of aliphatic hydroxyl groups excluding tert-OH is 4. The predicted molar refractivity (Wildman–Crippen MR) is 134 cm³/mol. The van der Waals surface area contributed by atoms with E-state index in [0.29, 0.717) is 5.56 Å². The largest absolute Gasteiger partial charge is 0.394 e. The lowest BCUT2D eigenvalue weighted by Gasteiger charge is -2.46. The lowest BCUT2D eigenvalue weighted by atomic mass is 9.72. The first kappa shape index (κ1) is 28.4. The molecule has 0 aliphatic rings. The fourth-order valence-corrected chi connectivity index (χ4v) is 4.48. The molecule has 0 amide bonds. The maximum atomic E-state index is 11.7. The van der Waals surface area contributed by atoms with Crippen LogP contribution >= 0.6 is 0 Å². The average molecular weight is 475 g/mol. The molecule has 0 bridgehead atoms. The quantitative estimate of drug-likeness (QED) is 0.281. The van der Waals surface area contributed by atoms with Crippen LogP contribution in [-0.2, 0) is 12.8 Å². The maximum Gasteiger partial charge on any atom is 0.126 e. The van der Waals surface area contributed by atoms with Gasteiger partial charge in [0.05, 0.1) is 12.2 Å². The Morgan fingerprint density at radius 1 is 0.765 bits per heavy atom. The summed E-state index contributed by atoms with van der Waals surface area (Å²) >= 11 is 0. The highest BCUT2D eigenvalue weighted by Crippen LogP contribution is 2.35. The summed E-state index contributed by atoms with van der Waals surface area (Å²) in [6, 6.07) is 15.1. The van der Waals surface area contributed by atoms with E-state index in [2.05, 4.69) is 13.8 Å². The summed E-state index contributed by atoms with van der Waals surface area (Å²) in [6.45, 7) is 9.10. The molecule has 6 N–H and O–H groups in total. The Morgan fingerprint density at radius 2 is 1.24 bits per heavy atom. The first-order valence-corrected chi connectivity index (χ1v) is 12.2. The van der Waals surface area contributed by atoms with E-state index in [0.717, 1.165) is 16.7 Å². The van der Waals surface area contributed by atoms with E-state index in [-0.39, 0.29) is 31.1 Å². The van der Waals surface area contributed by atoms with Crippen LogP contribution < -0.4 is 0 Å². The normalized spacial score (nSPS) is 18.4. The smallest absolute Gasteiger partial charge is 0.126 e. The predicted octanol–water partition coefficient (Wildman–Crippen LogP) is 2.67. The van der Waals surface area contributed by atoms with Crippen molar-refractivity contribution in [2.75, 3.05) is 6.61 Å². The number of hydrogen-bond donors (Lipinski definition) is 6. The second-order valence-corrected chi connectivity index (χ2v) is 10.2. The van der Waals surface area contributed by atoms with E-state index in [9.17, 15) is 30.6 Å². The van der Waals surface area contributed by atoms with Gasteiger partial charge in [-0.15, -0.1) is 0 Å². The van der Waals surface area contributed by atoms with Crippen LogP contribution in [0.4, 0.5) is 0 Å². The van der Waals surface area contributed by atoms with E-state index < -0.39 is 36.1 Å². The number of benzene rings is 2. The van der Waals surface area contributed by atoms with Gasteiger partial charge in [0.25, 0.3) is 0 Å². The molecule has 190 valence electrons. The summed E-state index contributed by atoms with van der Waals surface area (Å²) in [6.07, 6.45) is -5.49. The highest BCUT2D eigenvalue weighted by Gasteiger charge is 2.53. The number of rotatable bonds is 12. The van der Waals surface area contributed by atoms with Crippen LogP contribution in [0.1, 0.15) is 75.1 Å². The summed E-state index contributed by atoms with van der Waals surface area (Å²) in [5.41, 5.74) is -0.591. The molecule has 6 heteroatoms. The SMILES string of the molecule is CCC(O)(Cc1cccc(C(C)C)c1)[C@@H](O)[C@@](O)(Cc1cccc(C(C)C)c1)[C@H](O)[C@@H](O)CO. The molecule has 0 aromatic heterocycles. The third-order valence-electron chi connectivity index (χ3n) is 6.89. The Bertz CT molecular complexity index is 913. The zero-order chi connectivity index (χ0) is 25.7. The molecule has 0 saturated carbocycles. The van der Waals surface area contributed by atoms with Crippen LogP contribution in [0.25, 0.3) is 0 Å². The van der Waals surface area contributed by atoms with Crippen LogP contribution in [0, 0.1) is 0 Å². The van der Waals surface area contributed by atoms with Gasteiger partial charge >= 0.3 is 0 Å². The van der Waals surface area contributed by atoms with Gasteiger partial charge in [0.15, 0.2) is 0 Å². The van der Waals surface area contributed by atoms with Gasteiger partial charge in [-0.2, -0.15) is 0 Å². The van der Waals surface area contributed by atoms with Crippen molar-refractivity contribution in [2.45, 2.75) is 95.2 Å². The molecular formula is C28H42O6. The Labute approximate surface area is 203 Å². The zero-order valence-electron chi connectivity index (χ0n) is 21.0. The molecule has 2 rings (SSSR count). The van der Waals surface area contributed by atoms with Crippen LogP contribution in [0.3, 0.4) is 0 Å². The van der Waals surface area contributed by atoms with Gasteiger partial charge in [0.2, 0.25) is 0 Å². The van der Waals surface area contributed by atoms with Crippen molar-refractivity contribution in [3.8, 4) is 0 Å². The van der Waals surface area contributed by atoms with Crippen molar-refractivity contribution in [3.63, 3.8) is 0 Å². The van der Waals surface area contributed by atoms with Gasteiger partial charge < -0.3 is 30.6 Å². The van der Waals surface area contributed by atoms with Crippen LogP contribution in [0.15, 0.2) is 48.5 Å². The third kappa shape index (κ3) is 6.45. The lowest BCUT2D eigenvalue weighted by Crippen LogP contribution is -2.66. The molecule has 6 nitrogen and oxygen atoms in total. The van der Waals surface area contributed by atoms with Crippen molar-refractivity contribution >= 4 is 0 Å². The molecule has 0 radical (unpaired) electrons. The second kappa shape index (κ2) is 11.8. The molecule has 1 unspecified atom stereocenters. The van der Waals surface area contributed by atoms with Gasteiger partial charge in [0, 0.05) is 12.8 Å². The molecule has 0 fully saturated rings. The molecule has 0 spiro atoms. The van der Waals surface area contributed by atoms with Gasteiger partial charge in [-0.25, -0.2) is 0 Å². The van der Waals surface area contributed by atoms with Crippen molar-refractivity contribution in [1.29, 1.82) is 0 Å².